The van der Waals surface area contributed by atoms with Crippen LogP contribution in [0.15, 0.2) is 23.1 Å². The number of hydrogen-bond donors (Lipinski definition) is 1. The number of ether oxygens (including phenoxy) is 1. The van der Waals surface area contributed by atoms with Crippen molar-refractivity contribution in [3.63, 3.8) is 0 Å². The molecule has 1 aromatic carbocycles. The van der Waals surface area contributed by atoms with E-state index in [1.165, 1.54) is 30.0 Å². The van der Waals surface area contributed by atoms with Crippen LogP contribution in [-0.4, -0.2) is 44.9 Å². The molecule has 1 aliphatic heterocycles. The number of aryl methyl sites for hydroxylation is 1. The van der Waals surface area contributed by atoms with Crippen LogP contribution < -0.4 is 5.32 Å². The van der Waals surface area contributed by atoms with Crippen LogP contribution in [0, 0.1) is 24.7 Å². The average Bonchev–Trinajstić information content (AvgIpc) is 3.27. The van der Waals surface area contributed by atoms with Crippen LogP contribution in [0.3, 0.4) is 0 Å². The van der Waals surface area contributed by atoms with Gasteiger partial charge in [0.1, 0.15) is 0 Å². The minimum absolute atomic E-state index is 0.00822. The number of fused-ring (bicyclic) bond motifs is 2. The summed E-state index contributed by atoms with van der Waals surface area (Å²) in [6.45, 7) is 3.34. The summed E-state index contributed by atoms with van der Waals surface area (Å²) in [4.78, 5) is 12.8. The molecule has 1 N–H and O–H groups in total. The van der Waals surface area contributed by atoms with Gasteiger partial charge in [-0.1, -0.05) is 12.5 Å². The number of anilines is 1. The molecule has 0 spiro atoms. The molecule has 27 heavy (non-hydrogen) atoms. The third-order valence-corrected chi connectivity index (χ3v) is 8.43. The maximum atomic E-state index is 13.0. The van der Waals surface area contributed by atoms with Crippen LogP contribution in [0.5, 0.6) is 0 Å². The van der Waals surface area contributed by atoms with Gasteiger partial charge in [0.15, 0.2) is 0 Å². The lowest BCUT2D eigenvalue weighted by Crippen LogP contribution is -2.40. The molecule has 148 valence electrons. The summed E-state index contributed by atoms with van der Waals surface area (Å²) in [7, 11) is -3.58. The molecule has 3 fully saturated rings. The number of rotatable bonds is 5. The number of amides is 1. The lowest BCUT2D eigenvalue weighted by molar-refractivity contribution is -0.117. The third-order valence-electron chi connectivity index (χ3n) is 6.39. The molecule has 2 aliphatic carbocycles. The molecule has 7 heteroatoms. The van der Waals surface area contributed by atoms with Crippen molar-refractivity contribution in [2.75, 3.05) is 31.6 Å². The SMILES string of the molecule is Cc1ccc(NC(=O)C[C@@H]2C[C@@H]3CC[C@@H]2C3)cc1S(=O)(=O)N1CCOCC1. The second kappa shape index (κ2) is 7.53. The van der Waals surface area contributed by atoms with E-state index < -0.39 is 10.0 Å². The first-order valence-electron chi connectivity index (χ1n) is 9.92. The monoisotopic (exact) mass is 392 g/mol. The summed E-state index contributed by atoms with van der Waals surface area (Å²) in [5.74, 6) is 2.00. The molecule has 2 saturated carbocycles. The zero-order chi connectivity index (χ0) is 19.0. The lowest BCUT2D eigenvalue weighted by Gasteiger charge is -2.27. The van der Waals surface area contributed by atoms with Crippen molar-refractivity contribution in [1.82, 2.24) is 4.31 Å². The lowest BCUT2D eigenvalue weighted by atomic mass is 9.86. The van der Waals surface area contributed by atoms with Crippen LogP contribution in [0.1, 0.15) is 37.7 Å². The molecule has 1 aromatic rings. The Kier molecular flexibility index (Phi) is 5.27. The molecular weight excluding hydrogens is 364 g/mol. The Bertz CT molecular complexity index is 817. The minimum atomic E-state index is -3.58. The van der Waals surface area contributed by atoms with Gasteiger partial charge in [-0.2, -0.15) is 4.31 Å². The number of sulfonamides is 1. The predicted molar refractivity (Wildman–Crippen MR) is 103 cm³/mol. The zero-order valence-electron chi connectivity index (χ0n) is 15.8. The molecule has 0 unspecified atom stereocenters. The van der Waals surface area contributed by atoms with Crippen molar-refractivity contribution in [2.24, 2.45) is 17.8 Å². The van der Waals surface area contributed by atoms with Gasteiger partial charge in [-0.15, -0.1) is 0 Å². The molecule has 1 amide bonds. The first kappa shape index (κ1) is 18.9. The summed E-state index contributed by atoms with van der Waals surface area (Å²) in [5, 5.41) is 2.92. The summed E-state index contributed by atoms with van der Waals surface area (Å²) in [5.41, 5.74) is 1.24. The Morgan fingerprint density at radius 3 is 2.67 bits per heavy atom. The Morgan fingerprint density at radius 2 is 2.00 bits per heavy atom. The Balaban J connectivity index is 1.46. The van der Waals surface area contributed by atoms with E-state index in [1.807, 2.05) is 0 Å². The quantitative estimate of drug-likeness (QED) is 0.836. The number of morpholine rings is 1. The second-order valence-electron chi connectivity index (χ2n) is 8.18. The van der Waals surface area contributed by atoms with E-state index in [2.05, 4.69) is 5.32 Å². The highest BCUT2D eigenvalue weighted by molar-refractivity contribution is 7.89. The van der Waals surface area contributed by atoms with Gasteiger partial charge in [-0.05, 0) is 61.6 Å². The van der Waals surface area contributed by atoms with Crippen molar-refractivity contribution in [2.45, 2.75) is 43.9 Å². The van der Waals surface area contributed by atoms with Crippen molar-refractivity contribution >= 4 is 21.6 Å². The van der Waals surface area contributed by atoms with Gasteiger partial charge in [0.25, 0.3) is 0 Å². The van der Waals surface area contributed by atoms with Crippen LogP contribution in [0.4, 0.5) is 5.69 Å². The predicted octanol–water partition coefficient (Wildman–Crippen LogP) is 2.78. The molecule has 2 bridgehead atoms. The molecule has 3 aliphatic rings. The second-order valence-corrected chi connectivity index (χ2v) is 10.1. The van der Waals surface area contributed by atoms with E-state index in [-0.39, 0.29) is 10.8 Å². The molecule has 0 aromatic heterocycles. The Morgan fingerprint density at radius 1 is 1.22 bits per heavy atom. The van der Waals surface area contributed by atoms with E-state index in [0.717, 1.165) is 5.92 Å². The van der Waals surface area contributed by atoms with E-state index >= 15 is 0 Å². The van der Waals surface area contributed by atoms with Crippen LogP contribution in [0.2, 0.25) is 0 Å². The van der Waals surface area contributed by atoms with E-state index in [1.54, 1.807) is 25.1 Å². The molecule has 0 radical (unpaired) electrons. The normalized spacial score (nSPS) is 28.4. The first-order chi connectivity index (χ1) is 12.9. The van der Waals surface area contributed by atoms with Gasteiger partial charge in [0, 0.05) is 25.2 Å². The number of carbonyl (C=O) groups is 1. The zero-order valence-corrected chi connectivity index (χ0v) is 16.6. The largest absolute Gasteiger partial charge is 0.379 e. The van der Waals surface area contributed by atoms with Crippen LogP contribution >= 0.6 is 0 Å². The molecule has 3 atom stereocenters. The van der Waals surface area contributed by atoms with Crippen molar-refractivity contribution in [3.05, 3.63) is 23.8 Å². The summed E-state index contributed by atoms with van der Waals surface area (Å²) < 4.78 is 32.7. The van der Waals surface area contributed by atoms with Gasteiger partial charge in [0.2, 0.25) is 15.9 Å². The van der Waals surface area contributed by atoms with Crippen molar-refractivity contribution in [1.29, 1.82) is 0 Å². The topological polar surface area (TPSA) is 75.7 Å². The maximum absolute atomic E-state index is 13.0. The number of benzene rings is 1. The fraction of sp³-hybridized carbons (Fsp3) is 0.650. The van der Waals surface area contributed by atoms with Gasteiger partial charge < -0.3 is 10.1 Å². The van der Waals surface area contributed by atoms with E-state index in [4.69, 9.17) is 4.74 Å². The third kappa shape index (κ3) is 3.91. The van der Waals surface area contributed by atoms with Crippen LogP contribution in [-0.2, 0) is 19.6 Å². The fourth-order valence-corrected chi connectivity index (χ4v) is 6.62. The number of nitrogens with zero attached hydrogens (tertiary/aromatic N) is 1. The molecule has 6 nitrogen and oxygen atoms in total. The van der Waals surface area contributed by atoms with Crippen molar-refractivity contribution < 1.29 is 17.9 Å². The van der Waals surface area contributed by atoms with E-state index in [9.17, 15) is 13.2 Å². The Labute approximate surface area is 161 Å². The summed E-state index contributed by atoms with van der Waals surface area (Å²) in [6.07, 6.45) is 5.58. The van der Waals surface area contributed by atoms with Gasteiger partial charge >= 0.3 is 0 Å². The highest BCUT2D eigenvalue weighted by Gasteiger charge is 2.40. The molecule has 1 heterocycles. The van der Waals surface area contributed by atoms with Crippen molar-refractivity contribution in [3.8, 4) is 0 Å². The molecular formula is C20H28N2O4S. The van der Waals surface area contributed by atoms with E-state index in [0.29, 0.717) is 55.8 Å². The molecule has 4 rings (SSSR count). The highest BCUT2D eigenvalue weighted by atomic mass is 32.2. The minimum Gasteiger partial charge on any atom is -0.379 e. The van der Waals surface area contributed by atoms with Crippen LogP contribution in [0.25, 0.3) is 0 Å². The van der Waals surface area contributed by atoms with Gasteiger partial charge in [-0.3, -0.25) is 4.79 Å². The maximum Gasteiger partial charge on any atom is 0.243 e. The standard InChI is InChI=1S/C20H28N2O4S/c1-14-2-5-18(13-19(14)27(24,25)22-6-8-26-9-7-22)21-20(23)12-17-11-15-3-4-16(17)10-15/h2,5,13,15-17H,3-4,6-12H2,1H3,(H,21,23)/t15-,16-,17+/m1/s1. The van der Waals surface area contributed by atoms with Gasteiger partial charge in [-0.25, -0.2) is 8.42 Å². The number of nitrogens with one attached hydrogen (secondary N) is 1. The highest BCUT2D eigenvalue weighted by Crippen LogP contribution is 2.49. The smallest absolute Gasteiger partial charge is 0.243 e. The first-order valence-corrected chi connectivity index (χ1v) is 11.4. The summed E-state index contributed by atoms with van der Waals surface area (Å²) >= 11 is 0. The fourth-order valence-electron chi connectivity index (χ4n) is 4.96. The number of hydrogen-bond acceptors (Lipinski definition) is 4. The average molecular weight is 393 g/mol. The number of carbonyl (C=O) groups excluding carboxylic acids is 1. The Hall–Kier alpha value is -1.44. The van der Waals surface area contributed by atoms with Gasteiger partial charge in [0.05, 0.1) is 18.1 Å². The summed E-state index contributed by atoms with van der Waals surface area (Å²) in [6, 6.07) is 5.14. The molecule has 1 saturated heterocycles.